The molecule has 2 rings (SSSR count). The number of hydrogen-bond acceptors (Lipinski definition) is 10. The SMILES string of the molecule is O=c1cnc([C@@H]2O[C@H](COP(=O)(O)OP(=O)(O)OP(=O)(O)O)C(O)[C@@H]2F)c[nH]1. The lowest BCUT2D eigenvalue weighted by Crippen LogP contribution is -2.31. The predicted octanol–water partition coefficient (Wildman–Crippen LogP) is -0.748. The normalized spacial score (nSPS) is 29.9. The molecule has 15 nitrogen and oxygen atoms in total. The Balaban J connectivity index is 2.00. The van der Waals surface area contributed by atoms with Gasteiger partial charge in [0.05, 0.1) is 18.5 Å². The van der Waals surface area contributed by atoms with E-state index in [-0.39, 0.29) is 5.69 Å². The smallest absolute Gasteiger partial charge is 0.387 e. The van der Waals surface area contributed by atoms with Crippen molar-refractivity contribution in [2.24, 2.45) is 0 Å². The van der Waals surface area contributed by atoms with Crippen molar-refractivity contribution in [1.82, 2.24) is 9.97 Å². The van der Waals surface area contributed by atoms with E-state index in [0.29, 0.717) is 0 Å². The average molecular weight is 470 g/mol. The van der Waals surface area contributed by atoms with Crippen LogP contribution in [0.1, 0.15) is 11.8 Å². The van der Waals surface area contributed by atoms with Crippen LogP contribution in [0.5, 0.6) is 0 Å². The Kier molecular flexibility index (Phi) is 7.09. The second kappa shape index (κ2) is 8.48. The summed E-state index contributed by atoms with van der Waals surface area (Å²) in [5, 5.41) is 9.80. The molecule has 6 atom stereocenters. The van der Waals surface area contributed by atoms with Crippen molar-refractivity contribution in [1.29, 1.82) is 0 Å². The van der Waals surface area contributed by atoms with Crippen molar-refractivity contribution in [2.75, 3.05) is 6.61 Å². The van der Waals surface area contributed by atoms with Crippen molar-refractivity contribution in [3.63, 3.8) is 0 Å². The number of phosphoric ester groups is 1. The molecular weight excluding hydrogens is 456 g/mol. The van der Waals surface area contributed by atoms with Crippen molar-refractivity contribution < 1.29 is 60.6 Å². The van der Waals surface area contributed by atoms with Crippen molar-refractivity contribution in [3.05, 3.63) is 28.4 Å². The number of aliphatic hydroxyl groups is 1. The number of H-pyrrole nitrogens is 1. The highest BCUT2D eigenvalue weighted by Crippen LogP contribution is 2.66. The van der Waals surface area contributed by atoms with Gasteiger partial charge in [-0.2, -0.15) is 8.62 Å². The minimum atomic E-state index is -5.71. The number of aromatic amines is 1. The fourth-order valence-electron chi connectivity index (χ4n) is 2.08. The zero-order valence-electron chi connectivity index (χ0n) is 13.3. The minimum Gasteiger partial charge on any atom is -0.387 e. The van der Waals surface area contributed by atoms with Crippen LogP contribution in [0, 0.1) is 0 Å². The molecule has 1 aliphatic rings. The maximum absolute atomic E-state index is 14.2. The molecular formula is C9H14FN2O13P3. The summed E-state index contributed by atoms with van der Waals surface area (Å²) in [7, 11) is -16.7. The van der Waals surface area contributed by atoms with E-state index >= 15 is 0 Å². The number of ether oxygens (including phenoxy) is 1. The van der Waals surface area contributed by atoms with E-state index in [4.69, 9.17) is 19.4 Å². The summed E-state index contributed by atoms with van der Waals surface area (Å²) in [6.07, 6.45) is -5.15. The van der Waals surface area contributed by atoms with Crippen LogP contribution in [-0.4, -0.2) is 59.6 Å². The molecule has 1 fully saturated rings. The summed E-state index contributed by atoms with van der Waals surface area (Å²) >= 11 is 0. The molecule has 160 valence electrons. The number of aliphatic hydroxyl groups excluding tert-OH is 1. The van der Waals surface area contributed by atoms with Crippen LogP contribution in [0.25, 0.3) is 0 Å². The molecule has 1 aromatic rings. The van der Waals surface area contributed by atoms with Gasteiger partial charge in [-0.25, -0.2) is 18.1 Å². The zero-order chi connectivity index (χ0) is 21.3. The van der Waals surface area contributed by atoms with Crippen LogP contribution in [0.15, 0.2) is 17.2 Å². The first-order valence-electron chi connectivity index (χ1n) is 7.00. The quantitative estimate of drug-likeness (QED) is 0.257. The van der Waals surface area contributed by atoms with E-state index in [1.165, 1.54) is 0 Å². The third-order valence-corrected chi connectivity index (χ3v) is 6.92. The first-order valence-corrected chi connectivity index (χ1v) is 11.5. The standard InChI is InChI=1S/C9H14FN2O13P3/c10-7-8(14)5(23-9(7)4-1-12-6(13)2-11-4)3-22-27(18,19)25-28(20,21)24-26(15,16)17/h1-2,5,7-9,14H,3H2,(H,12,13)(H,18,19)(H,20,21)(H2,15,16,17)/t5-,7+,8?,9+/m1/s1. The van der Waals surface area contributed by atoms with Crippen molar-refractivity contribution in [3.8, 4) is 0 Å². The first-order chi connectivity index (χ1) is 12.7. The fourth-order valence-corrected chi connectivity index (χ4v) is 5.11. The monoisotopic (exact) mass is 470 g/mol. The summed E-state index contributed by atoms with van der Waals surface area (Å²) in [6.45, 7) is -1.04. The van der Waals surface area contributed by atoms with Gasteiger partial charge in [-0.3, -0.25) is 14.3 Å². The van der Waals surface area contributed by atoms with Gasteiger partial charge in [0.15, 0.2) is 6.17 Å². The molecule has 0 aliphatic carbocycles. The van der Waals surface area contributed by atoms with Gasteiger partial charge in [-0.15, -0.1) is 0 Å². The molecule has 0 amide bonds. The lowest BCUT2D eigenvalue weighted by atomic mass is 10.1. The van der Waals surface area contributed by atoms with Gasteiger partial charge in [0, 0.05) is 6.20 Å². The summed E-state index contributed by atoms with van der Waals surface area (Å²) in [5.74, 6) is 0. The van der Waals surface area contributed by atoms with E-state index < -0.39 is 60.1 Å². The van der Waals surface area contributed by atoms with E-state index in [0.717, 1.165) is 12.4 Å². The molecule has 0 radical (unpaired) electrons. The first kappa shape index (κ1) is 23.4. The third kappa shape index (κ3) is 6.59. The summed E-state index contributed by atoms with van der Waals surface area (Å²) < 4.78 is 63.9. The minimum absolute atomic E-state index is 0.105. The van der Waals surface area contributed by atoms with E-state index in [2.05, 4.69) is 23.1 Å². The summed E-state index contributed by atoms with van der Waals surface area (Å²) in [4.78, 5) is 52.0. The molecule has 0 aromatic carbocycles. The van der Waals surface area contributed by atoms with Gasteiger partial charge < -0.3 is 34.4 Å². The zero-order valence-corrected chi connectivity index (χ0v) is 16.0. The lowest BCUT2D eigenvalue weighted by molar-refractivity contribution is -0.0232. The van der Waals surface area contributed by atoms with Gasteiger partial charge in [0.2, 0.25) is 0 Å². The van der Waals surface area contributed by atoms with Gasteiger partial charge in [-0.1, -0.05) is 0 Å². The summed E-state index contributed by atoms with van der Waals surface area (Å²) in [6, 6.07) is 0. The fraction of sp³-hybridized carbons (Fsp3) is 0.556. The Morgan fingerprint density at radius 3 is 2.36 bits per heavy atom. The van der Waals surface area contributed by atoms with E-state index in [1.54, 1.807) is 0 Å². The molecule has 6 N–H and O–H groups in total. The van der Waals surface area contributed by atoms with Gasteiger partial charge >= 0.3 is 23.5 Å². The third-order valence-electron chi connectivity index (χ3n) is 3.12. The van der Waals surface area contributed by atoms with Crippen LogP contribution >= 0.6 is 23.5 Å². The Labute approximate surface area is 154 Å². The van der Waals surface area contributed by atoms with Crippen molar-refractivity contribution >= 4 is 23.5 Å². The van der Waals surface area contributed by atoms with Crippen LogP contribution in [0.3, 0.4) is 0 Å². The Morgan fingerprint density at radius 1 is 1.18 bits per heavy atom. The molecule has 0 bridgehead atoms. The molecule has 28 heavy (non-hydrogen) atoms. The molecule has 1 aromatic heterocycles. The van der Waals surface area contributed by atoms with Gasteiger partial charge in [-0.05, 0) is 0 Å². The maximum Gasteiger partial charge on any atom is 0.490 e. The predicted molar refractivity (Wildman–Crippen MR) is 83.2 cm³/mol. The number of nitrogens with one attached hydrogen (secondary N) is 1. The van der Waals surface area contributed by atoms with Crippen LogP contribution in [-0.2, 0) is 31.6 Å². The molecule has 0 saturated carbocycles. The number of alkyl halides is 1. The van der Waals surface area contributed by atoms with Crippen LogP contribution in [0.2, 0.25) is 0 Å². The average Bonchev–Trinajstić information content (AvgIpc) is 2.78. The number of nitrogens with zero attached hydrogens (tertiary/aromatic N) is 1. The number of halogens is 1. The van der Waals surface area contributed by atoms with Gasteiger partial charge in [0.25, 0.3) is 5.56 Å². The molecule has 1 saturated heterocycles. The summed E-state index contributed by atoms with van der Waals surface area (Å²) in [5.41, 5.74) is -0.686. The maximum atomic E-state index is 14.2. The van der Waals surface area contributed by atoms with E-state index in [9.17, 15) is 32.9 Å². The molecule has 2 heterocycles. The van der Waals surface area contributed by atoms with Crippen LogP contribution < -0.4 is 5.56 Å². The number of rotatable bonds is 8. The lowest BCUT2D eigenvalue weighted by Gasteiger charge is -2.19. The number of phosphoric acid groups is 3. The topological polar surface area (TPSA) is 235 Å². The van der Waals surface area contributed by atoms with Crippen molar-refractivity contribution in [2.45, 2.75) is 24.5 Å². The molecule has 3 unspecified atom stereocenters. The molecule has 0 spiro atoms. The highest BCUT2D eigenvalue weighted by molar-refractivity contribution is 7.66. The highest BCUT2D eigenvalue weighted by Gasteiger charge is 2.47. The Morgan fingerprint density at radius 2 is 1.82 bits per heavy atom. The van der Waals surface area contributed by atoms with Crippen LogP contribution in [0.4, 0.5) is 4.39 Å². The molecule has 1 aliphatic heterocycles. The largest absolute Gasteiger partial charge is 0.490 e. The van der Waals surface area contributed by atoms with Gasteiger partial charge in [0.1, 0.15) is 18.3 Å². The number of hydrogen-bond donors (Lipinski definition) is 6. The Bertz CT molecular complexity index is 883. The second-order valence-electron chi connectivity index (χ2n) is 5.25. The van der Waals surface area contributed by atoms with E-state index in [1.807, 2.05) is 0 Å². The second-order valence-corrected chi connectivity index (χ2v) is 9.67. The molecule has 19 heteroatoms. The highest BCUT2D eigenvalue weighted by atomic mass is 31.3. The number of aromatic nitrogens is 2. The Hall–Kier alpha value is -0.860.